The summed E-state index contributed by atoms with van der Waals surface area (Å²) in [5, 5.41) is 6.39. The highest BCUT2D eigenvalue weighted by atomic mass is 35.5. The van der Waals surface area contributed by atoms with Crippen LogP contribution in [-0.2, 0) is 13.0 Å². The number of benzene rings is 2. The van der Waals surface area contributed by atoms with E-state index < -0.39 is 0 Å². The van der Waals surface area contributed by atoms with Gasteiger partial charge in [0.1, 0.15) is 0 Å². The summed E-state index contributed by atoms with van der Waals surface area (Å²) in [6.07, 6.45) is 1.01. The second kappa shape index (κ2) is 10.5. The molecule has 3 aliphatic heterocycles. The summed E-state index contributed by atoms with van der Waals surface area (Å²) in [5.74, 6) is 2.11. The van der Waals surface area contributed by atoms with E-state index in [1.807, 2.05) is 12.1 Å². The van der Waals surface area contributed by atoms with Crippen LogP contribution in [0.25, 0.3) is 0 Å². The first-order chi connectivity index (χ1) is 17.7. The highest BCUT2D eigenvalue weighted by molar-refractivity contribution is 6.30. The molecule has 2 N–H and O–H groups in total. The van der Waals surface area contributed by atoms with Crippen LogP contribution in [0.3, 0.4) is 0 Å². The monoisotopic (exact) mass is 505 g/mol. The van der Waals surface area contributed by atoms with Gasteiger partial charge >= 0.3 is 0 Å². The molecule has 188 valence electrons. The van der Waals surface area contributed by atoms with Crippen molar-refractivity contribution in [2.75, 3.05) is 79.0 Å². The molecular weight excluding hydrogens is 474 g/mol. The number of nitrogens with zero attached hydrogens (tertiary/aromatic N) is 7. The van der Waals surface area contributed by atoms with Crippen molar-refractivity contribution in [1.29, 1.82) is 0 Å². The minimum Gasteiger partial charge on any atom is -0.368 e. The summed E-state index contributed by atoms with van der Waals surface area (Å²) in [6, 6.07) is 16.7. The molecule has 3 aliphatic rings. The van der Waals surface area contributed by atoms with E-state index in [2.05, 4.69) is 66.8 Å². The van der Waals surface area contributed by atoms with Crippen LogP contribution in [0.5, 0.6) is 0 Å². The second-order valence-electron chi connectivity index (χ2n) is 9.50. The quantitative estimate of drug-likeness (QED) is 0.544. The second-order valence-corrected chi connectivity index (χ2v) is 9.94. The maximum atomic E-state index is 6.08. The fourth-order valence-electron chi connectivity index (χ4n) is 5.10. The Morgan fingerprint density at radius 2 is 1.33 bits per heavy atom. The maximum Gasteiger partial charge on any atom is 0.244 e. The Bertz CT molecular complexity index is 1170. The highest BCUT2D eigenvalue weighted by Crippen LogP contribution is 2.24. The van der Waals surface area contributed by atoms with E-state index >= 15 is 0 Å². The maximum absolute atomic E-state index is 6.08. The van der Waals surface area contributed by atoms with E-state index in [1.165, 1.54) is 16.8 Å². The number of hydrogen-bond donors (Lipinski definition) is 2. The Balaban J connectivity index is 1.20. The Morgan fingerprint density at radius 1 is 0.694 bits per heavy atom. The van der Waals surface area contributed by atoms with E-state index in [0.29, 0.717) is 5.95 Å². The van der Waals surface area contributed by atoms with Crippen LogP contribution in [0, 0.1) is 0 Å². The summed E-state index contributed by atoms with van der Waals surface area (Å²) in [5.41, 5.74) is 7.47. The molecule has 2 aromatic carbocycles. The summed E-state index contributed by atoms with van der Waals surface area (Å²) in [4.78, 5) is 21.6. The first-order valence-electron chi connectivity index (χ1n) is 12.8. The van der Waals surface area contributed by atoms with Crippen LogP contribution in [0.2, 0.25) is 5.02 Å². The van der Waals surface area contributed by atoms with Gasteiger partial charge in [-0.05, 0) is 41.8 Å². The molecule has 1 aromatic heterocycles. The van der Waals surface area contributed by atoms with Crippen molar-refractivity contribution < 1.29 is 0 Å². The third-order valence-corrected chi connectivity index (χ3v) is 7.41. The molecule has 0 aliphatic carbocycles. The molecule has 6 rings (SSSR count). The molecule has 0 bridgehead atoms. The summed E-state index contributed by atoms with van der Waals surface area (Å²) >= 11 is 6.08. The first-order valence-corrected chi connectivity index (χ1v) is 13.1. The van der Waals surface area contributed by atoms with Crippen LogP contribution in [0.15, 0.2) is 48.5 Å². The lowest BCUT2D eigenvalue weighted by atomic mass is 10.0. The van der Waals surface area contributed by atoms with Gasteiger partial charge in [-0.1, -0.05) is 35.9 Å². The first kappa shape index (κ1) is 23.3. The minimum atomic E-state index is 0.619. The van der Waals surface area contributed by atoms with Crippen LogP contribution in [0.1, 0.15) is 11.1 Å². The fraction of sp³-hybridized carbons (Fsp3) is 0.423. The molecule has 2 fully saturated rings. The van der Waals surface area contributed by atoms with E-state index in [1.54, 1.807) is 0 Å². The third kappa shape index (κ3) is 5.18. The van der Waals surface area contributed by atoms with Crippen molar-refractivity contribution >= 4 is 35.1 Å². The summed E-state index contributed by atoms with van der Waals surface area (Å²) < 4.78 is 0. The van der Waals surface area contributed by atoms with Gasteiger partial charge in [-0.3, -0.25) is 5.43 Å². The smallest absolute Gasteiger partial charge is 0.244 e. The lowest BCUT2D eigenvalue weighted by molar-refractivity contribution is 0.305. The van der Waals surface area contributed by atoms with Crippen molar-refractivity contribution in [2.45, 2.75) is 13.0 Å². The number of piperazine rings is 2. The van der Waals surface area contributed by atoms with Gasteiger partial charge in [-0.15, -0.1) is 0 Å². The number of anilines is 4. The molecule has 0 atom stereocenters. The summed E-state index contributed by atoms with van der Waals surface area (Å²) in [7, 11) is 0. The molecule has 2 saturated heterocycles. The molecule has 10 heteroatoms. The van der Waals surface area contributed by atoms with E-state index in [-0.39, 0.29) is 0 Å². The SMILES string of the molecule is Clc1ccc(N2CCN(c3nc(NN4CCc5ccccc5C4)nc(N4CCNCC4)n3)CC2)cc1. The predicted octanol–water partition coefficient (Wildman–Crippen LogP) is 2.65. The van der Waals surface area contributed by atoms with Gasteiger partial charge in [0.25, 0.3) is 0 Å². The zero-order valence-electron chi connectivity index (χ0n) is 20.4. The van der Waals surface area contributed by atoms with Crippen molar-refractivity contribution in [1.82, 2.24) is 25.3 Å². The zero-order chi connectivity index (χ0) is 24.3. The Kier molecular flexibility index (Phi) is 6.76. The van der Waals surface area contributed by atoms with Crippen LogP contribution in [0.4, 0.5) is 23.5 Å². The van der Waals surface area contributed by atoms with Gasteiger partial charge in [-0.25, -0.2) is 5.01 Å². The zero-order valence-corrected chi connectivity index (χ0v) is 21.2. The number of fused-ring (bicyclic) bond motifs is 1. The van der Waals surface area contributed by atoms with Gasteiger partial charge in [0.2, 0.25) is 17.8 Å². The average molecular weight is 506 g/mol. The molecule has 4 heterocycles. The topological polar surface area (TPSA) is 75.7 Å². The number of hydrazine groups is 1. The molecule has 0 spiro atoms. The standard InChI is InChI=1S/C26H32ClN9/c27-22-5-7-23(8-6-22)33-15-17-35(18-16-33)26-30-24(29-25(31-26)34-13-10-28-11-14-34)32-36-12-9-20-3-1-2-4-21(20)19-36/h1-8,28H,9-19H2,(H,29,30,31,32). The molecule has 0 radical (unpaired) electrons. The third-order valence-electron chi connectivity index (χ3n) is 7.15. The van der Waals surface area contributed by atoms with E-state index in [4.69, 9.17) is 26.6 Å². The van der Waals surface area contributed by atoms with E-state index in [0.717, 1.165) is 88.8 Å². The Hall–Kier alpha value is -3.14. The van der Waals surface area contributed by atoms with Gasteiger partial charge in [0.05, 0.1) is 0 Å². The van der Waals surface area contributed by atoms with Crippen molar-refractivity contribution in [3.05, 3.63) is 64.7 Å². The molecule has 0 saturated carbocycles. The number of rotatable bonds is 5. The van der Waals surface area contributed by atoms with Crippen LogP contribution in [-0.4, -0.2) is 78.9 Å². The lowest BCUT2D eigenvalue weighted by Crippen LogP contribution is -2.48. The summed E-state index contributed by atoms with van der Waals surface area (Å²) in [6.45, 7) is 8.92. The van der Waals surface area contributed by atoms with Crippen molar-refractivity contribution in [3.8, 4) is 0 Å². The Morgan fingerprint density at radius 3 is 2.06 bits per heavy atom. The molecule has 36 heavy (non-hydrogen) atoms. The van der Waals surface area contributed by atoms with Gasteiger partial charge in [0, 0.05) is 76.2 Å². The average Bonchev–Trinajstić information content (AvgIpc) is 2.94. The minimum absolute atomic E-state index is 0.619. The van der Waals surface area contributed by atoms with Gasteiger partial charge < -0.3 is 20.0 Å². The van der Waals surface area contributed by atoms with Gasteiger partial charge in [0.15, 0.2) is 0 Å². The normalized spacial score (nSPS) is 18.8. The number of aromatic nitrogens is 3. The molecule has 3 aromatic rings. The predicted molar refractivity (Wildman–Crippen MR) is 145 cm³/mol. The van der Waals surface area contributed by atoms with Crippen molar-refractivity contribution in [3.63, 3.8) is 0 Å². The Labute approximate surface area is 217 Å². The van der Waals surface area contributed by atoms with Crippen LogP contribution >= 0.6 is 11.6 Å². The lowest BCUT2D eigenvalue weighted by Gasteiger charge is -2.37. The molecule has 0 amide bonds. The fourth-order valence-corrected chi connectivity index (χ4v) is 5.23. The number of halogens is 1. The molecule has 9 nitrogen and oxygen atoms in total. The highest BCUT2D eigenvalue weighted by Gasteiger charge is 2.24. The number of hydrogen-bond acceptors (Lipinski definition) is 9. The molecular formula is C26H32ClN9. The molecule has 0 unspecified atom stereocenters. The van der Waals surface area contributed by atoms with E-state index in [9.17, 15) is 0 Å². The number of nitrogens with one attached hydrogen (secondary N) is 2. The van der Waals surface area contributed by atoms with Crippen molar-refractivity contribution in [2.24, 2.45) is 0 Å². The van der Waals surface area contributed by atoms with Gasteiger partial charge in [-0.2, -0.15) is 15.0 Å². The van der Waals surface area contributed by atoms with Crippen LogP contribution < -0.4 is 25.4 Å². The largest absolute Gasteiger partial charge is 0.368 e.